The number of likely N-dealkylation sites (tertiary alicyclic amines) is 1. The van der Waals surface area contributed by atoms with Crippen molar-refractivity contribution >= 4 is 17.2 Å². The van der Waals surface area contributed by atoms with Crippen molar-refractivity contribution in [1.82, 2.24) is 25.3 Å². The Hall–Kier alpha value is -1.80. The second kappa shape index (κ2) is 6.01. The molecule has 8 heteroatoms. The summed E-state index contributed by atoms with van der Waals surface area (Å²) in [5.74, 6) is 0.445. The van der Waals surface area contributed by atoms with E-state index in [0.717, 1.165) is 49.5 Å². The quantitative estimate of drug-likeness (QED) is 0.902. The SMILES string of the molecule is Cc1nc(CN2CCCC2c2nc(C(=O)NC3CC3)no2)cs1. The van der Waals surface area contributed by atoms with Crippen molar-refractivity contribution in [1.29, 1.82) is 0 Å². The molecule has 1 saturated carbocycles. The Bertz CT molecular complexity index is 708. The summed E-state index contributed by atoms with van der Waals surface area (Å²) in [6.07, 6.45) is 4.13. The Balaban J connectivity index is 1.45. The molecule has 7 nitrogen and oxygen atoms in total. The predicted molar refractivity (Wildman–Crippen MR) is 84.0 cm³/mol. The molecule has 1 saturated heterocycles. The summed E-state index contributed by atoms with van der Waals surface area (Å²) >= 11 is 1.66. The first-order valence-electron chi connectivity index (χ1n) is 7.98. The molecule has 1 N–H and O–H groups in total. The number of carbonyl (C=O) groups excluding carboxylic acids is 1. The van der Waals surface area contributed by atoms with Gasteiger partial charge in [-0.05, 0) is 39.2 Å². The maximum absolute atomic E-state index is 12.0. The first-order valence-corrected chi connectivity index (χ1v) is 8.86. The molecule has 1 amide bonds. The second-order valence-electron chi connectivity index (χ2n) is 6.19. The maximum atomic E-state index is 12.0. The topological polar surface area (TPSA) is 84.2 Å². The standard InChI is InChI=1S/C15H19N5O2S/c1-9-16-11(8-23-9)7-20-6-2-3-12(20)15-18-13(19-22-15)14(21)17-10-4-5-10/h8,10,12H,2-7H2,1H3,(H,17,21). The molecule has 3 heterocycles. The smallest absolute Gasteiger partial charge is 0.292 e. The molecule has 23 heavy (non-hydrogen) atoms. The number of carbonyl (C=O) groups is 1. The fourth-order valence-corrected chi connectivity index (χ4v) is 3.53. The van der Waals surface area contributed by atoms with E-state index in [4.69, 9.17) is 4.52 Å². The van der Waals surface area contributed by atoms with Crippen molar-refractivity contribution in [3.05, 3.63) is 27.8 Å². The number of aryl methyl sites for hydroxylation is 1. The van der Waals surface area contributed by atoms with Gasteiger partial charge in [0, 0.05) is 18.0 Å². The maximum Gasteiger partial charge on any atom is 0.292 e. The lowest BCUT2D eigenvalue weighted by molar-refractivity contribution is 0.0937. The number of amides is 1. The van der Waals surface area contributed by atoms with Crippen LogP contribution in [-0.2, 0) is 6.54 Å². The van der Waals surface area contributed by atoms with Crippen molar-refractivity contribution in [2.45, 2.75) is 51.2 Å². The number of aromatic nitrogens is 3. The second-order valence-corrected chi connectivity index (χ2v) is 7.25. The highest BCUT2D eigenvalue weighted by Gasteiger charge is 2.32. The third-order valence-electron chi connectivity index (χ3n) is 4.24. The predicted octanol–water partition coefficient (Wildman–Crippen LogP) is 2.06. The van der Waals surface area contributed by atoms with E-state index >= 15 is 0 Å². The average Bonchev–Trinajstić information content (AvgIpc) is 2.96. The van der Waals surface area contributed by atoms with Gasteiger partial charge in [0.2, 0.25) is 5.89 Å². The molecule has 2 aromatic heterocycles. The minimum Gasteiger partial charge on any atom is -0.346 e. The minimum atomic E-state index is -0.234. The van der Waals surface area contributed by atoms with Crippen LogP contribution < -0.4 is 5.32 Å². The van der Waals surface area contributed by atoms with E-state index in [1.807, 2.05) is 6.92 Å². The Morgan fingerprint density at radius 2 is 2.30 bits per heavy atom. The van der Waals surface area contributed by atoms with Crippen molar-refractivity contribution in [3.63, 3.8) is 0 Å². The largest absolute Gasteiger partial charge is 0.346 e. The van der Waals surface area contributed by atoms with E-state index in [-0.39, 0.29) is 17.8 Å². The monoisotopic (exact) mass is 333 g/mol. The molecule has 1 unspecified atom stereocenters. The zero-order valence-electron chi connectivity index (χ0n) is 13.0. The van der Waals surface area contributed by atoms with Gasteiger partial charge in [0.25, 0.3) is 11.7 Å². The summed E-state index contributed by atoms with van der Waals surface area (Å²) in [7, 11) is 0. The van der Waals surface area contributed by atoms with Crippen molar-refractivity contribution in [2.75, 3.05) is 6.54 Å². The molecule has 0 bridgehead atoms. The number of nitrogens with one attached hydrogen (secondary N) is 1. The van der Waals surface area contributed by atoms with Gasteiger partial charge in [-0.2, -0.15) is 4.98 Å². The molecule has 1 aliphatic heterocycles. The third-order valence-corrected chi connectivity index (χ3v) is 5.06. The third kappa shape index (κ3) is 3.28. The number of hydrogen-bond donors (Lipinski definition) is 1. The summed E-state index contributed by atoms with van der Waals surface area (Å²) in [5, 5.41) is 9.90. The normalized spacial score (nSPS) is 21.7. The van der Waals surface area contributed by atoms with Gasteiger partial charge in [-0.25, -0.2) is 4.98 Å². The van der Waals surface area contributed by atoms with Gasteiger partial charge in [0.15, 0.2) is 0 Å². The van der Waals surface area contributed by atoms with E-state index < -0.39 is 0 Å². The van der Waals surface area contributed by atoms with E-state index in [2.05, 4.69) is 30.7 Å². The number of rotatable bonds is 5. The van der Waals surface area contributed by atoms with Gasteiger partial charge in [-0.15, -0.1) is 11.3 Å². The molecular weight excluding hydrogens is 314 g/mol. The molecule has 122 valence electrons. The minimum absolute atomic E-state index is 0.0759. The summed E-state index contributed by atoms with van der Waals surface area (Å²) < 4.78 is 5.36. The Labute approximate surface area is 138 Å². The zero-order chi connectivity index (χ0) is 15.8. The van der Waals surface area contributed by atoms with Crippen LogP contribution in [0, 0.1) is 6.92 Å². The number of nitrogens with zero attached hydrogens (tertiary/aromatic N) is 4. The number of hydrogen-bond acceptors (Lipinski definition) is 7. The molecule has 2 aromatic rings. The van der Waals surface area contributed by atoms with Gasteiger partial charge in [-0.1, -0.05) is 5.16 Å². The molecule has 2 aliphatic rings. The Morgan fingerprint density at radius 1 is 1.43 bits per heavy atom. The van der Waals surface area contributed by atoms with Crippen LogP contribution in [0.15, 0.2) is 9.90 Å². The van der Waals surface area contributed by atoms with Crippen LogP contribution in [-0.4, -0.2) is 38.5 Å². The van der Waals surface area contributed by atoms with E-state index in [1.54, 1.807) is 11.3 Å². The lowest BCUT2D eigenvalue weighted by Gasteiger charge is -2.20. The van der Waals surface area contributed by atoms with Gasteiger partial charge >= 0.3 is 0 Å². The molecule has 4 rings (SSSR count). The average molecular weight is 333 g/mol. The first kappa shape index (κ1) is 14.8. The van der Waals surface area contributed by atoms with Crippen LogP contribution in [0.5, 0.6) is 0 Å². The van der Waals surface area contributed by atoms with Crippen LogP contribution >= 0.6 is 11.3 Å². The van der Waals surface area contributed by atoms with Crippen LogP contribution in [0.1, 0.15) is 58.9 Å². The van der Waals surface area contributed by atoms with E-state index in [1.165, 1.54) is 0 Å². The fraction of sp³-hybridized carbons (Fsp3) is 0.600. The highest BCUT2D eigenvalue weighted by molar-refractivity contribution is 7.09. The first-order chi connectivity index (χ1) is 11.2. The van der Waals surface area contributed by atoms with Crippen molar-refractivity contribution < 1.29 is 9.32 Å². The summed E-state index contributed by atoms with van der Waals surface area (Å²) in [6, 6.07) is 0.368. The van der Waals surface area contributed by atoms with Gasteiger partial charge in [0.1, 0.15) is 0 Å². The molecular formula is C15H19N5O2S. The number of thiazole rings is 1. The summed E-state index contributed by atoms with van der Waals surface area (Å²) in [4.78, 5) is 23.1. The fourth-order valence-electron chi connectivity index (χ4n) is 2.92. The molecule has 2 fully saturated rings. The van der Waals surface area contributed by atoms with E-state index in [9.17, 15) is 4.79 Å². The molecule has 0 radical (unpaired) electrons. The van der Waals surface area contributed by atoms with Gasteiger partial charge in [0.05, 0.1) is 16.7 Å². The summed E-state index contributed by atoms with van der Waals surface area (Å²) in [6.45, 7) is 3.77. The molecule has 0 aromatic carbocycles. The molecule has 0 spiro atoms. The van der Waals surface area contributed by atoms with Crippen LogP contribution in [0.2, 0.25) is 0 Å². The Morgan fingerprint density at radius 3 is 3.04 bits per heavy atom. The van der Waals surface area contributed by atoms with Crippen molar-refractivity contribution in [3.8, 4) is 0 Å². The van der Waals surface area contributed by atoms with Crippen LogP contribution in [0.3, 0.4) is 0 Å². The lowest BCUT2D eigenvalue weighted by Crippen LogP contribution is -2.27. The van der Waals surface area contributed by atoms with Crippen molar-refractivity contribution in [2.24, 2.45) is 0 Å². The highest BCUT2D eigenvalue weighted by atomic mass is 32.1. The molecule has 1 aliphatic carbocycles. The van der Waals surface area contributed by atoms with Crippen LogP contribution in [0.4, 0.5) is 0 Å². The van der Waals surface area contributed by atoms with Gasteiger partial charge in [-0.3, -0.25) is 9.69 Å². The Kier molecular flexibility index (Phi) is 3.86. The zero-order valence-corrected chi connectivity index (χ0v) is 13.8. The van der Waals surface area contributed by atoms with E-state index in [0.29, 0.717) is 11.9 Å². The van der Waals surface area contributed by atoms with Gasteiger partial charge < -0.3 is 9.84 Å². The van der Waals surface area contributed by atoms with Crippen LogP contribution in [0.25, 0.3) is 0 Å². The lowest BCUT2D eigenvalue weighted by atomic mass is 10.2. The molecule has 1 atom stereocenters. The highest BCUT2D eigenvalue weighted by Crippen LogP contribution is 2.32. The summed E-state index contributed by atoms with van der Waals surface area (Å²) in [5.41, 5.74) is 1.07.